The van der Waals surface area contributed by atoms with Crippen LogP contribution in [0.15, 0.2) is 30.3 Å². The molecule has 0 bridgehead atoms. The number of aliphatic hydroxyl groups is 2. The molecule has 0 heterocycles. The molecule has 16 heavy (non-hydrogen) atoms. The van der Waals surface area contributed by atoms with Crippen molar-refractivity contribution in [3.8, 4) is 0 Å². The molecular formula is C14H22O2. The van der Waals surface area contributed by atoms with Gasteiger partial charge in [-0.2, -0.15) is 0 Å². The summed E-state index contributed by atoms with van der Waals surface area (Å²) in [6, 6.07) is 9.94. The van der Waals surface area contributed by atoms with Crippen LogP contribution >= 0.6 is 0 Å². The number of hydrogen-bond acceptors (Lipinski definition) is 2. The van der Waals surface area contributed by atoms with Gasteiger partial charge in [0.2, 0.25) is 0 Å². The molecule has 2 heteroatoms. The van der Waals surface area contributed by atoms with E-state index in [-0.39, 0.29) is 12.5 Å². The third kappa shape index (κ3) is 4.33. The van der Waals surface area contributed by atoms with Gasteiger partial charge in [0.05, 0.1) is 6.10 Å². The first kappa shape index (κ1) is 13.2. The van der Waals surface area contributed by atoms with Crippen LogP contribution in [-0.2, 0) is 6.42 Å². The molecule has 2 N–H and O–H groups in total. The fourth-order valence-corrected chi connectivity index (χ4v) is 1.89. The molecule has 2 nitrogen and oxygen atoms in total. The molecule has 0 aromatic heterocycles. The fraction of sp³-hybridized carbons (Fsp3) is 0.571. The molecule has 90 valence electrons. The average molecular weight is 222 g/mol. The second-order valence-electron chi connectivity index (χ2n) is 4.34. The minimum absolute atomic E-state index is 0.0140. The van der Waals surface area contributed by atoms with Crippen LogP contribution in [0.25, 0.3) is 0 Å². The molecule has 0 radical (unpaired) electrons. The van der Waals surface area contributed by atoms with E-state index >= 15 is 0 Å². The first-order valence-corrected chi connectivity index (χ1v) is 6.10. The molecule has 2 unspecified atom stereocenters. The summed E-state index contributed by atoms with van der Waals surface area (Å²) in [5, 5.41) is 19.3. The summed E-state index contributed by atoms with van der Waals surface area (Å²) in [7, 11) is 0. The van der Waals surface area contributed by atoms with Crippen molar-refractivity contribution in [3.05, 3.63) is 35.9 Å². The lowest BCUT2D eigenvalue weighted by atomic mass is 9.92. The summed E-state index contributed by atoms with van der Waals surface area (Å²) >= 11 is 0. The Labute approximate surface area is 97.9 Å². The minimum atomic E-state index is -0.432. The molecule has 0 saturated carbocycles. The van der Waals surface area contributed by atoms with Gasteiger partial charge in [0.25, 0.3) is 0 Å². The average Bonchev–Trinajstić information content (AvgIpc) is 2.31. The van der Waals surface area contributed by atoms with Crippen LogP contribution in [-0.4, -0.2) is 22.9 Å². The van der Waals surface area contributed by atoms with E-state index < -0.39 is 6.10 Å². The lowest BCUT2D eigenvalue weighted by molar-refractivity contribution is 0.0614. The van der Waals surface area contributed by atoms with E-state index in [0.717, 1.165) is 24.8 Å². The fourth-order valence-electron chi connectivity index (χ4n) is 1.89. The monoisotopic (exact) mass is 222 g/mol. The first-order valence-electron chi connectivity index (χ1n) is 6.10. The smallest absolute Gasteiger partial charge is 0.0630 e. The molecule has 0 amide bonds. The van der Waals surface area contributed by atoms with Crippen LogP contribution in [0.5, 0.6) is 0 Å². The normalized spacial score (nSPS) is 14.7. The first-order chi connectivity index (χ1) is 7.77. The van der Waals surface area contributed by atoms with Crippen LogP contribution in [0.4, 0.5) is 0 Å². The van der Waals surface area contributed by atoms with Crippen molar-refractivity contribution < 1.29 is 10.2 Å². The Hall–Kier alpha value is -0.860. The summed E-state index contributed by atoms with van der Waals surface area (Å²) in [5.74, 6) is 0.0140. The molecule has 0 fully saturated rings. The molecule has 2 atom stereocenters. The van der Waals surface area contributed by atoms with Gasteiger partial charge in [-0.05, 0) is 18.4 Å². The highest BCUT2D eigenvalue weighted by atomic mass is 16.3. The summed E-state index contributed by atoms with van der Waals surface area (Å²) in [5.41, 5.74) is 1.13. The molecule has 0 spiro atoms. The van der Waals surface area contributed by atoms with Gasteiger partial charge in [0, 0.05) is 12.5 Å². The SMILES string of the molecule is CCCCC(CO)C(O)Cc1ccccc1. The number of unbranched alkanes of at least 4 members (excludes halogenated alkanes) is 1. The Morgan fingerprint density at radius 1 is 1.19 bits per heavy atom. The number of hydrogen-bond donors (Lipinski definition) is 2. The number of aliphatic hydroxyl groups excluding tert-OH is 2. The molecular weight excluding hydrogens is 200 g/mol. The predicted octanol–water partition coefficient (Wildman–Crippen LogP) is 2.39. The summed E-state index contributed by atoms with van der Waals surface area (Å²) in [6.45, 7) is 2.20. The zero-order valence-electron chi connectivity index (χ0n) is 9.97. The highest BCUT2D eigenvalue weighted by Gasteiger charge is 2.17. The van der Waals surface area contributed by atoms with E-state index in [2.05, 4.69) is 6.92 Å². The second kappa shape index (κ2) is 7.42. The Morgan fingerprint density at radius 2 is 1.88 bits per heavy atom. The van der Waals surface area contributed by atoms with E-state index in [1.54, 1.807) is 0 Å². The van der Waals surface area contributed by atoms with E-state index in [4.69, 9.17) is 0 Å². The topological polar surface area (TPSA) is 40.5 Å². The zero-order chi connectivity index (χ0) is 11.8. The molecule has 0 aliphatic rings. The van der Waals surface area contributed by atoms with Crippen LogP contribution in [0, 0.1) is 5.92 Å². The molecule has 0 saturated heterocycles. The summed E-state index contributed by atoms with van der Waals surface area (Å²) in [4.78, 5) is 0. The van der Waals surface area contributed by atoms with Crippen LogP contribution in [0.3, 0.4) is 0 Å². The lowest BCUT2D eigenvalue weighted by Crippen LogP contribution is -2.26. The van der Waals surface area contributed by atoms with Gasteiger partial charge in [-0.15, -0.1) is 0 Å². The highest BCUT2D eigenvalue weighted by Crippen LogP contribution is 2.16. The van der Waals surface area contributed by atoms with Gasteiger partial charge in [-0.1, -0.05) is 50.1 Å². The highest BCUT2D eigenvalue weighted by molar-refractivity contribution is 5.15. The van der Waals surface area contributed by atoms with Gasteiger partial charge < -0.3 is 10.2 Å². The number of rotatable bonds is 7. The summed E-state index contributed by atoms with van der Waals surface area (Å²) < 4.78 is 0. The standard InChI is InChI=1S/C14H22O2/c1-2-3-9-13(11-15)14(16)10-12-7-5-4-6-8-12/h4-8,13-16H,2-3,9-11H2,1H3. The van der Waals surface area contributed by atoms with Crippen LogP contribution < -0.4 is 0 Å². The van der Waals surface area contributed by atoms with Gasteiger partial charge in [-0.25, -0.2) is 0 Å². The van der Waals surface area contributed by atoms with E-state index in [0.29, 0.717) is 6.42 Å². The van der Waals surface area contributed by atoms with Crippen molar-refractivity contribution in [2.45, 2.75) is 38.7 Å². The van der Waals surface area contributed by atoms with Crippen LogP contribution in [0.1, 0.15) is 31.7 Å². The quantitative estimate of drug-likeness (QED) is 0.743. The maximum atomic E-state index is 10.0. The minimum Gasteiger partial charge on any atom is -0.396 e. The van der Waals surface area contributed by atoms with Crippen molar-refractivity contribution in [3.63, 3.8) is 0 Å². The van der Waals surface area contributed by atoms with Gasteiger partial charge in [0.15, 0.2) is 0 Å². The van der Waals surface area contributed by atoms with Crippen molar-refractivity contribution in [2.24, 2.45) is 5.92 Å². The van der Waals surface area contributed by atoms with Crippen molar-refractivity contribution in [1.82, 2.24) is 0 Å². The molecule has 0 aliphatic heterocycles. The van der Waals surface area contributed by atoms with E-state index in [1.165, 1.54) is 0 Å². The van der Waals surface area contributed by atoms with Crippen molar-refractivity contribution in [1.29, 1.82) is 0 Å². The third-order valence-electron chi connectivity index (χ3n) is 2.99. The second-order valence-corrected chi connectivity index (χ2v) is 4.34. The van der Waals surface area contributed by atoms with Gasteiger partial charge in [0.1, 0.15) is 0 Å². The maximum absolute atomic E-state index is 10.0. The predicted molar refractivity (Wildman–Crippen MR) is 66.3 cm³/mol. The largest absolute Gasteiger partial charge is 0.396 e. The van der Waals surface area contributed by atoms with Gasteiger partial charge >= 0.3 is 0 Å². The maximum Gasteiger partial charge on any atom is 0.0630 e. The zero-order valence-corrected chi connectivity index (χ0v) is 9.97. The lowest BCUT2D eigenvalue weighted by Gasteiger charge is -2.20. The molecule has 1 aromatic carbocycles. The molecule has 1 rings (SSSR count). The van der Waals surface area contributed by atoms with E-state index in [1.807, 2.05) is 30.3 Å². The third-order valence-corrected chi connectivity index (χ3v) is 2.99. The summed E-state index contributed by atoms with van der Waals surface area (Å²) in [6.07, 6.45) is 3.28. The number of benzene rings is 1. The molecule has 1 aromatic rings. The van der Waals surface area contributed by atoms with Crippen LogP contribution in [0.2, 0.25) is 0 Å². The Balaban J connectivity index is 2.46. The Morgan fingerprint density at radius 3 is 2.44 bits per heavy atom. The van der Waals surface area contributed by atoms with Crippen molar-refractivity contribution in [2.75, 3.05) is 6.61 Å². The van der Waals surface area contributed by atoms with Gasteiger partial charge in [-0.3, -0.25) is 0 Å². The van der Waals surface area contributed by atoms with E-state index in [9.17, 15) is 10.2 Å². The van der Waals surface area contributed by atoms with Crippen molar-refractivity contribution >= 4 is 0 Å². The Bertz CT molecular complexity index is 271. The Kier molecular flexibility index (Phi) is 6.12. The molecule has 0 aliphatic carbocycles.